The lowest BCUT2D eigenvalue weighted by molar-refractivity contribution is -0.141. The van der Waals surface area contributed by atoms with Gasteiger partial charge in [-0.3, -0.25) is 14.3 Å². The number of aryl methyl sites for hydroxylation is 1. The summed E-state index contributed by atoms with van der Waals surface area (Å²) in [4.78, 5) is 24.1. The maximum absolute atomic E-state index is 12.5. The zero-order chi connectivity index (χ0) is 19.6. The Hall–Kier alpha value is -2.84. The average Bonchev–Trinajstić information content (AvgIpc) is 3.19. The third kappa shape index (κ3) is 4.29. The van der Waals surface area contributed by atoms with Gasteiger partial charge in [-0.1, -0.05) is 19.1 Å². The quantitative estimate of drug-likeness (QED) is 0.809. The van der Waals surface area contributed by atoms with Gasteiger partial charge in [0.25, 0.3) is 0 Å². The minimum absolute atomic E-state index is 0.116. The summed E-state index contributed by atoms with van der Waals surface area (Å²) in [5.74, 6) is -0.935. The summed E-state index contributed by atoms with van der Waals surface area (Å²) in [5, 5.41) is 8.78. The summed E-state index contributed by atoms with van der Waals surface area (Å²) >= 11 is 0. The molecule has 0 bridgehead atoms. The number of aromatic nitrogens is 2. The molecule has 3 rings (SSSR count). The molecule has 1 aliphatic heterocycles. The van der Waals surface area contributed by atoms with E-state index in [4.69, 9.17) is 0 Å². The van der Waals surface area contributed by atoms with Gasteiger partial charge in [-0.25, -0.2) is 0 Å². The maximum atomic E-state index is 12.5. The fraction of sp³-hybridized carbons (Fsp3) is 0.389. The lowest BCUT2D eigenvalue weighted by Crippen LogP contribution is -2.30. The Morgan fingerprint density at radius 1 is 1.33 bits per heavy atom. The lowest BCUT2D eigenvalue weighted by Gasteiger charge is -2.11. The molecule has 1 aromatic carbocycles. The Morgan fingerprint density at radius 2 is 2.11 bits per heavy atom. The molecular weight excluding hydrogens is 361 g/mol. The molecule has 2 aromatic rings. The number of halogens is 3. The molecule has 2 heterocycles. The van der Waals surface area contributed by atoms with Crippen LogP contribution in [-0.4, -0.2) is 28.1 Å². The van der Waals surface area contributed by atoms with Crippen molar-refractivity contribution in [2.45, 2.75) is 38.4 Å². The Balaban J connectivity index is 1.54. The van der Waals surface area contributed by atoms with Crippen molar-refractivity contribution in [1.82, 2.24) is 15.1 Å². The van der Waals surface area contributed by atoms with Gasteiger partial charge in [0.05, 0.1) is 5.92 Å². The van der Waals surface area contributed by atoms with Crippen LogP contribution in [0, 0.1) is 0 Å². The minimum Gasteiger partial charge on any atom is -0.354 e. The van der Waals surface area contributed by atoms with Crippen molar-refractivity contribution in [3.63, 3.8) is 0 Å². The van der Waals surface area contributed by atoms with Crippen molar-refractivity contribution in [2.24, 2.45) is 0 Å². The van der Waals surface area contributed by atoms with Gasteiger partial charge >= 0.3 is 6.18 Å². The van der Waals surface area contributed by atoms with Crippen LogP contribution in [0.4, 0.5) is 18.9 Å². The molecule has 0 saturated carbocycles. The number of amides is 2. The number of rotatable bonds is 6. The fourth-order valence-electron chi connectivity index (χ4n) is 3.04. The van der Waals surface area contributed by atoms with Crippen LogP contribution in [0.5, 0.6) is 0 Å². The molecule has 1 atom stereocenters. The number of fused-ring (bicyclic) bond motifs is 1. The maximum Gasteiger partial charge on any atom is 0.435 e. The Kier molecular flexibility index (Phi) is 5.20. The van der Waals surface area contributed by atoms with Crippen LogP contribution in [0.2, 0.25) is 0 Å². The second-order valence-corrected chi connectivity index (χ2v) is 6.35. The molecule has 0 spiro atoms. The molecule has 2 amide bonds. The number of nitrogens with one attached hydrogen (secondary N) is 2. The van der Waals surface area contributed by atoms with Crippen molar-refractivity contribution in [2.75, 3.05) is 11.9 Å². The molecule has 9 heteroatoms. The van der Waals surface area contributed by atoms with Gasteiger partial charge in [0, 0.05) is 18.4 Å². The van der Waals surface area contributed by atoms with Gasteiger partial charge < -0.3 is 10.6 Å². The molecule has 0 aliphatic carbocycles. The normalized spacial score (nSPS) is 16.1. The van der Waals surface area contributed by atoms with Gasteiger partial charge in [0.15, 0.2) is 5.69 Å². The molecule has 144 valence electrons. The Labute approximate surface area is 153 Å². The number of nitrogens with zero attached hydrogens (tertiary/aromatic N) is 2. The number of anilines is 1. The van der Waals surface area contributed by atoms with E-state index in [-0.39, 0.29) is 24.9 Å². The van der Waals surface area contributed by atoms with E-state index in [9.17, 15) is 22.8 Å². The number of hydrogen-bond acceptors (Lipinski definition) is 3. The first-order valence-electron chi connectivity index (χ1n) is 8.59. The largest absolute Gasteiger partial charge is 0.435 e. The molecule has 27 heavy (non-hydrogen) atoms. The topological polar surface area (TPSA) is 76.0 Å². The zero-order valence-corrected chi connectivity index (χ0v) is 14.6. The predicted molar refractivity (Wildman–Crippen MR) is 92.0 cm³/mol. The van der Waals surface area contributed by atoms with Crippen molar-refractivity contribution < 1.29 is 22.8 Å². The van der Waals surface area contributed by atoms with Crippen LogP contribution < -0.4 is 10.6 Å². The molecule has 1 aliphatic rings. The van der Waals surface area contributed by atoms with E-state index in [1.165, 1.54) is 0 Å². The highest BCUT2D eigenvalue weighted by atomic mass is 19.4. The summed E-state index contributed by atoms with van der Waals surface area (Å²) in [6.07, 6.45) is -2.17. The monoisotopic (exact) mass is 380 g/mol. The van der Waals surface area contributed by atoms with Crippen molar-refractivity contribution >= 4 is 17.5 Å². The van der Waals surface area contributed by atoms with E-state index in [1.807, 2.05) is 25.1 Å². The Morgan fingerprint density at radius 3 is 2.78 bits per heavy atom. The van der Waals surface area contributed by atoms with E-state index in [2.05, 4.69) is 15.7 Å². The van der Waals surface area contributed by atoms with Crippen LogP contribution in [0.3, 0.4) is 0 Å². The number of hydrogen-bond donors (Lipinski definition) is 2. The first-order valence-corrected chi connectivity index (χ1v) is 8.59. The van der Waals surface area contributed by atoms with E-state index in [1.54, 1.807) is 0 Å². The summed E-state index contributed by atoms with van der Waals surface area (Å²) in [5.41, 5.74) is 1.78. The molecular formula is C18H19F3N4O2. The molecule has 1 unspecified atom stereocenters. The third-order valence-corrected chi connectivity index (χ3v) is 4.47. The number of benzene rings is 1. The van der Waals surface area contributed by atoms with Crippen molar-refractivity contribution in [1.29, 1.82) is 0 Å². The van der Waals surface area contributed by atoms with Gasteiger partial charge in [0.2, 0.25) is 11.8 Å². The summed E-state index contributed by atoms with van der Waals surface area (Å²) < 4.78 is 38.5. The van der Waals surface area contributed by atoms with Crippen molar-refractivity contribution in [3.8, 4) is 0 Å². The van der Waals surface area contributed by atoms with Crippen molar-refractivity contribution in [3.05, 3.63) is 47.3 Å². The number of alkyl halides is 3. The Bertz CT molecular complexity index is 861. The lowest BCUT2D eigenvalue weighted by atomic mass is 9.95. The summed E-state index contributed by atoms with van der Waals surface area (Å²) in [6.45, 7) is 1.95. The highest BCUT2D eigenvalue weighted by Crippen LogP contribution is 2.35. The van der Waals surface area contributed by atoms with E-state index < -0.39 is 17.8 Å². The van der Waals surface area contributed by atoms with Crippen LogP contribution in [0.15, 0.2) is 30.5 Å². The smallest absolute Gasteiger partial charge is 0.354 e. The van der Waals surface area contributed by atoms with Crippen LogP contribution in [0.25, 0.3) is 0 Å². The SMILES string of the molecule is CCc1ccc2c(c1)C(CCNC(=O)Cn1ccc(C(F)(F)F)n1)C(=O)N2. The van der Waals surface area contributed by atoms with Crippen LogP contribution >= 0.6 is 0 Å². The molecule has 0 saturated heterocycles. The highest BCUT2D eigenvalue weighted by Gasteiger charge is 2.33. The summed E-state index contributed by atoms with van der Waals surface area (Å²) in [7, 11) is 0. The number of carbonyl (C=O) groups excluding carboxylic acids is 2. The van der Waals surface area contributed by atoms with E-state index in [0.717, 1.165) is 40.2 Å². The standard InChI is InChI=1S/C18H19F3N4O2/c1-2-11-3-4-14-13(9-11)12(17(27)23-14)5-7-22-16(26)10-25-8-6-15(24-25)18(19,20)21/h3-4,6,8-9,12H,2,5,7,10H2,1H3,(H,22,26)(H,23,27). The average molecular weight is 380 g/mol. The molecule has 0 radical (unpaired) electrons. The summed E-state index contributed by atoms with van der Waals surface area (Å²) in [6, 6.07) is 6.64. The van der Waals surface area contributed by atoms with Gasteiger partial charge in [0.1, 0.15) is 6.54 Å². The second kappa shape index (κ2) is 7.42. The second-order valence-electron chi connectivity index (χ2n) is 6.35. The van der Waals surface area contributed by atoms with Gasteiger partial charge in [-0.15, -0.1) is 0 Å². The minimum atomic E-state index is -4.54. The first kappa shape index (κ1) is 18.9. The van der Waals surface area contributed by atoms with E-state index in [0.29, 0.717) is 6.42 Å². The van der Waals surface area contributed by atoms with Crippen LogP contribution in [0.1, 0.15) is 36.1 Å². The highest BCUT2D eigenvalue weighted by molar-refractivity contribution is 6.02. The first-order chi connectivity index (χ1) is 12.8. The van der Waals surface area contributed by atoms with Crippen LogP contribution in [-0.2, 0) is 28.7 Å². The molecule has 1 aromatic heterocycles. The molecule has 6 nitrogen and oxygen atoms in total. The fourth-order valence-corrected chi connectivity index (χ4v) is 3.04. The van der Waals surface area contributed by atoms with Gasteiger partial charge in [-0.05, 0) is 36.1 Å². The third-order valence-electron chi connectivity index (χ3n) is 4.47. The van der Waals surface area contributed by atoms with E-state index >= 15 is 0 Å². The molecule has 2 N–H and O–H groups in total. The van der Waals surface area contributed by atoms with Gasteiger partial charge in [-0.2, -0.15) is 18.3 Å². The predicted octanol–water partition coefficient (Wildman–Crippen LogP) is 2.71. The molecule has 0 fully saturated rings. The zero-order valence-electron chi connectivity index (χ0n) is 14.6. The number of carbonyl (C=O) groups is 2.